The Morgan fingerprint density at radius 3 is 2.76 bits per heavy atom. The topological polar surface area (TPSA) is 99.7 Å². The molecule has 0 bridgehead atoms. The van der Waals surface area contributed by atoms with Gasteiger partial charge in [-0.2, -0.15) is 13.2 Å². The minimum atomic E-state index is -4.88. The third kappa shape index (κ3) is 5.08. The molecule has 2 heterocycles. The number of nitrogens with zero attached hydrogens (tertiary/aromatic N) is 1. The Labute approximate surface area is 195 Å². The summed E-state index contributed by atoms with van der Waals surface area (Å²) < 4.78 is 53.9. The number of β-amino-alcohol motifs (C(OH)–C–C–N with tert-alkyl or cyclic N) is 1. The van der Waals surface area contributed by atoms with Crippen LogP contribution in [0.15, 0.2) is 47.1 Å². The maximum Gasteiger partial charge on any atom is 0.418 e. The molecule has 0 aromatic heterocycles. The summed E-state index contributed by atoms with van der Waals surface area (Å²) in [6.07, 6.45) is 5.69. The van der Waals surface area contributed by atoms with Gasteiger partial charge in [0.1, 0.15) is 5.82 Å². The standard InChI is InChI=1S/C24H28F4N4O2/c25-18-6-5-17(23(29,9-7-15-3-4-15)16-2-1-10-30-11-8-16)12-19(18)32-21(33)20-13-22(34,14-31-20)24(26,27)28/h1,5-6,8,10-12,15,20,31,34H,2-4,7,9,13-14,29H2,(H,32,33)/t20-,22-,23?/m1/s1. The molecule has 1 aliphatic carbocycles. The summed E-state index contributed by atoms with van der Waals surface area (Å²) in [6.45, 7) is -0.812. The van der Waals surface area contributed by atoms with Crippen molar-refractivity contribution in [1.29, 1.82) is 0 Å². The maximum atomic E-state index is 14.6. The Balaban J connectivity index is 1.57. The highest BCUT2D eigenvalue weighted by molar-refractivity contribution is 5.95. The smallest absolute Gasteiger partial charge is 0.379 e. The average Bonchev–Trinajstić information content (AvgIpc) is 3.57. The van der Waals surface area contributed by atoms with Crippen molar-refractivity contribution < 1.29 is 27.5 Å². The molecule has 3 aliphatic rings. The lowest BCUT2D eigenvalue weighted by Gasteiger charge is -2.33. The number of anilines is 1. The average molecular weight is 481 g/mol. The molecule has 2 fully saturated rings. The lowest BCUT2D eigenvalue weighted by molar-refractivity contribution is -0.252. The van der Waals surface area contributed by atoms with Crippen LogP contribution in [0, 0.1) is 11.7 Å². The number of halogens is 4. The zero-order chi connectivity index (χ0) is 24.6. The lowest BCUT2D eigenvalue weighted by Crippen LogP contribution is -2.46. The molecule has 34 heavy (non-hydrogen) atoms. The second kappa shape index (κ2) is 9.24. The number of allylic oxidation sites excluding steroid dienone is 2. The first-order chi connectivity index (χ1) is 16.0. The molecule has 2 aliphatic heterocycles. The van der Waals surface area contributed by atoms with Gasteiger partial charge >= 0.3 is 6.18 Å². The molecule has 1 saturated carbocycles. The van der Waals surface area contributed by atoms with E-state index in [1.54, 1.807) is 18.5 Å². The number of rotatable bonds is 7. The second-order valence-electron chi connectivity index (χ2n) is 9.38. The van der Waals surface area contributed by atoms with Gasteiger partial charge in [-0.15, -0.1) is 0 Å². The molecule has 10 heteroatoms. The third-order valence-corrected chi connectivity index (χ3v) is 6.87. The number of hydrogen-bond donors (Lipinski definition) is 4. The van der Waals surface area contributed by atoms with E-state index in [0.29, 0.717) is 24.3 Å². The number of nitrogens with two attached hydrogens (primary N) is 1. The molecule has 1 aromatic rings. The SMILES string of the molecule is NC(CCC1CC1)(C1=CC=NC=CC1)c1ccc(F)c(NC(=O)[C@H]2C[C@](O)(C(F)(F)F)CN2)c1. The number of hydrogen-bond acceptors (Lipinski definition) is 5. The summed E-state index contributed by atoms with van der Waals surface area (Å²) in [6, 6.07) is 2.88. The quantitative estimate of drug-likeness (QED) is 0.448. The Morgan fingerprint density at radius 1 is 1.32 bits per heavy atom. The Bertz CT molecular complexity index is 1030. The number of nitrogens with one attached hydrogen (secondary N) is 2. The van der Waals surface area contributed by atoms with Crippen LogP contribution in [-0.2, 0) is 10.3 Å². The van der Waals surface area contributed by atoms with Gasteiger partial charge in [-0.05, 0) is 54.5 Å². The Morgan fingerprint density at radius 2 is 2.09 bits per heavy atom. The molecule has 0 radical (unpaired) electrons. The predicted octanol–water partition coefficient (Wildman–Crippen LogP) is 3.68. The van der Waals surface area contributed by atoms with E-state index >= 15 is 0 Å². The largest absolute Gasteiger partial charge is 0.418 e. The number of carbonyl (C=O) groups excluding carboxylic acids is 1. The molecule has 4 rings (SSSR count). The van der Waals surface area contributed by atoms with Crippen molar-refractivity contribution in [1.82, 2.24) is 5.32 Å². The molecule has 184 valence electrons. The van der Waals surface area contributed by atoms with Gasteiger partial charge in [-0.1, -0.05) is 25.0 Å². The van der Waals surface area contributed by atoms with Crippen LogP contribution < -0.4 is 16.4 Å². The van der Waals surface area contributed by atoms with Gasteiger partial charge < -0.3 is 21.5 Å². The maximum absolute atomic E-state index is 14.6. The van der Waals surface area contributed by atoms with Gasteiger partial charge in [0.15, 0.2) is 5.60 Å². The summed E-state index contributed by atoms with van der Waals surface area (Å²) in [5, 5.41) is 14.6. The third-order valence-electron chi connectivity index (χ3n) is 6.87. The van der Waals surface area contributed by atoms with Gasteiger partial charge in [-0.25, -0.2) is 4.39 Å². The van der Waals surface area contributed by atoms with Gasteiger partial charge in [0.25, 0.3) is 0 Å². The van der Waals surface area contributed by atoms with E-state index < -0.39 is 48.0 Å². The van der Waals surface area contributed by atoms with E-state index in [-0.39, 0.29) is 5.69 Å². The molecule has 3 atom stereocenters. The van der Waals surface area contributed by atoms with Crippen LogP contribution in [0.3, 0.4) is 0 Å². The van der Waals surface area contributed by atoms with Crippen molar-refractivity contribution in [2.45, 2.75) is 61.9 Å². The number of amides is 1. The summed E-state index contributed by atoms with van der Waals surface area (Å²) in [5.41, 5.74) is 4.29. The van der Waals surface area contributed by atoms with Crippen LogP contribution in [0.25, 0.3) is 0 Å². The molecular weight excluding hydrogens is 452 g/mol. The number of carbonyl (C=O) groups is 1. The summed E-state index contributed by atoms with van der Waals surface area (Å²) >= 11 is 0. The molecule has 1 unspecified atom stereocenters. The van der Waals surface area contributed by atoms with E-state index in [0.717, 1.165) is 24.8 Å². The Hall–Kier alpha value is -2.56. The minimum Gasteiger partial charge on any atom is -0.379 e. The van der Waals surface area contributed by atoms with E-state index in [2.05, 4.69) is 15.6 Å². The first kappa shape index (κ1) is 24.6. The Kier molecular flexibility index (Phi) is 6.67. The van der Waals surface area contributed by atoms with E-state index in [1.165, 1.54) is 12.1 Å². The van der Waals surface area contributed by atoms with Crippen LogP contribution in [0.2, 0.25) is 0 Å². The predicted molar refractivity (Wildman–Crippen MR) is 121 cm³/mol. The van der Waals surface area contributed by atoms with E-state index in [4.69, 9.17) is 5.73 Å². The highest BCUT2D eigenvalue weighted by atomic mass is 19.4. The fourth-order valence-corrected chi connectivity index (χ4v) is 4.44. The van der Waals surface area contributed by atoms with Gasteiger partial charge in [-0.3, -0.25) is 9.79 Å². The van der Waals surface area contributed by atoms with Crippen molar-refractivity contribution in [2.75, 3.05) is 11.9 Å². The highest BCUT2D eigenvalue weighted by Gasteiger charge is 2.58. The van der Waals surface area contributed by atoms with Gasteiger partial charge in [0.05, 0.1) is 17.3 Å². The highest BCUT2D eigenvalue weighted by Crippen LogP contribution is 2.42. The number of aliphatic hydroxyl groups is 1. The van der Waals surface area contributed by atoms with E-state index in [9.17, 15) is 27.5 Å². The van der Waals surface area contributed by atoms with Crippen LogP contribution in [-0.4, -0.2) is 41.6 Å². The molecule has 0 spiro atoms. The van der Waals surface area contributed by atoms with Crippen LogP contribution in [0.1, 0.15) is 44.1 Å². The fraction of sp³-hybridized carbons (Fsp3) is 0.500. The zero-order valence-corrected chi connectivity index (χ0v) is 18.5. The molecule has 1 aromatic carbocycles. The van der Waals surface area contributed by atoms with Crippen molar-refractivity contribution in [3.63, 3.8) is 0 Å². The van der Waals surface area contributed by atoms with Crippen molar-refractivity contribution >= 4 is 17.8 Å². The lowest BCUT2D eigenvalue weighted by atomic mass is 9.77. The summed E-state index contributed by atoms with van der Waals surface area (Å²) in [5.74, 6) is -0.985. The fourth-order valence-electron chi connectivity index (χ4n) is 4.44. The van der Waals surface area contributed by atoms with Crippen LogP contribution >= 0.6 is 0 Å². The number of benzene rings is 1. The van der Waals surface area contributed by atoms with Crippen molar-refractivity contribution in [3.8, 4) is 0 Å². The summed E-state index contributed by atoms with van der Waals surface area (Å²) in [4.78, 5) is 16.7. The monoisotopic (exact) mass is 480 g/mol. The zero-order valence-electron chi connectivity index (χ0n) is 18.5. The molecule has 1 saturated heterocycles. The van der Waals surface area contributed by atoms with Crippen LogP contribution in [0.5, 0.6) is 0 Å². The first-order valence-corrected chi connectivity index (χ1v) is 11.3. The summed E-state index contributed by atoms with van der Waals surface area (Å²) in [7, 11) is 0. The number of alkyl halides is 3. The van der Waals surface area contributed by atoms with Gasteiger partial charge in [0.2, 0.25) is 5.91 Å². The van der Waals surface area contributed by atoms with E-state index in [1.807, 2.05) is 12.2 Å². The second-order valence-corrected chi connectivity index (χ2v) is 9.38. The van der Waals surface area contributed by atoms with Crippen molar-refractivity contribution in [2.24, 2.45) is 16.6 Å². The minimum absolute atomic E-state index is 0.175. The molecule has 1 amide bonds. The molecular formula is C24H28F4N4O2. The van der Waals surface area contributed by atoms with Gasteiger partial charge in [0, 0.05) is 25.4 Å². The molecule has 5 N–H and O–H groups in total. The number of aliphatic imine (C=N–C) groups is 1. The normalized spacial score (nSPS) is 26.6. The van der Waals surface area contributed by atoms with Crippen LogP contribution in [0.4, 0.5) is 23.2 Å². The first-order valence-electron chi connectivity index (χ1n) is 11.3. The van der Waals surface area contributed by atoms with Crippen molar-refractivity contribution in [3.05, 3.63) is 53.5 Å². The molecule has 6 nitrogen and oxygen atoms in total.